The number of hydrogen-bond donors (Lipinski definition) is 5. The highest BCUT2D eigenvalue weighted by Crippen LogP contribution is 2.28. The highest BCUT2D eigenvalue weighted by atomic mass is 16.5. The van der Waals surface area contributed by atoms with Gasteiger partial charge >= 0.3 is 5.97 Å². The van der Waals surface area contributed by atoms with Crippen LogP contribution in [-0.2, 0) is 4.79 Å². The molecule has 1 unspecified atom stereocenters. The number of carbonyl (C=O) groups is 1. The van der Waals surface area contributed by atoms with Gasteiger partial charge in [0.25, 0.3) is 0 Å². The third kappa shape index (κ3) is 5.02. The number of aromatic nitrogens is 4. The molecule has 0 aliphatic carbocycles. The van der Waals surface area contributed by atoms with Gasteiger partial charge in [-0.15, -0.1) is 0 Å². The predicted octanol–water partition coefficient (Wildman–Crippen LogP) is 1.41. The first kappa shape index (κ1) is 22.5. The number of aliphatic carboxylic acids is 1. The molecule has 4 rings (SSSR count). The SMILES string of the molecule is Nc1nc(N)c2nc(-c3ccc(OCC(O)c4ccc(OCC(=O)O)cc4)cc3)c(N)nc2n1. The Morgan fingerprint density at radius 2 is 1.50 bits per heavy atom. The normalized spacial score (nSPS) is 11.8. The minimum Gasteiger partial charge on any atom is -0.491 e. The van der Waals surface area contributed by atoms with Gasteiger partial charge in [0.05, 0.1) is 0 Å². The first-order chi connectivity index (χ1) is 16.3. The number of ether oxygens (including phenoxy) is 2. The third-order valence-electron chi connectivity index (χ3n) is 4.77. The maximum absolute atomic E-state index is 10.6. The molecule has 8 N–H and O–H groups in total. The lowest BCUT2D eigenvalue weighted by Crippen LogP contribution is -2.11. The minimum atomic E-state index is -1.07. The van der Waals surface area contributed by atoms with Crippen LogP contribution in [0.5, 0.6) is 11.5 Å². The molecule has 4 aromatic rings. The maximum atomic E-state index is 10.6. The third-order valence-corrected chi connectivity index (χ3v) is 4.77. The zero-order valence-electron chi connectivity index (χ0n) is 17.8. The van der Waals surface area contributed by atoms with Gasteiger partial charge in [-0.2, -0.15) is 9.97 Å². The van der Waals surface area contributed by atoms with E-state index in [4.69, 9.17) is 31.8 Å². The number of benzene rings is 2. The second-order valence-corrected chi connectivity index (χ2v) is 7.20. The molecule has 0 bridgehead atoms. The van der Waals surface area contributed by atoms with Gasteiger partial charge in [0.15, 0.2) is 29.4 Å². The predicted molar refractivity (Wildman–Crippen MR) is 124 cm³/mol. The second kappa shape index (κ2) is 9.42. The van der Waals surface area contributed by atoms with Crippen molar-refractivity contribution in [3.63, 3.8) is 0 Å². The molecular weight excluding hydrogens is 442 g/mol. The fourth-order valence-electron chi connectivity index (χ4n) is 3.12. The number of fused-ring (bicyclic) bond motifs is 1. The summed E-state index contributed by atoms with van der Waals surface area (Å²) < 4.78 is 10.7. The zero-order valence-corrected chi connectivity index (χ0v) is 17.8. The molecule has 34 heavy (non-hydrogen) atoms. The Balaban J connectivity index is 1.42. The van der Waals surface area contributed by atoms with Gasteiger partial charge in [-0.05, 0) is 42.0 Å². The van der Waals surface area contributed by atoms with E-state index in [1.165, 1.54) is 0 Å². The molecule has 0 radical (unpaired) electrons. The fraction of sp³-hybridized carbons (Fsp3) is 0.136. The van der Waals surface area contributed by atoms with Crippen LogP contribution in [-0.4, -0.2) is 49.3 Å². The van der Waals surface area contributed by atoms with E-state index in [1.807, 2.05) is 0 Å². The van der Waals surface area contributed by atoms with E-state index in [2.05, 4.69) is 19.9 Å². The maximum Gasteiger partial charge on any atom is 0.341 e. The molecule has 1 atom stereocenters. The molecule has 12 nitrogen and oxygen atoms in total. The summed E-state index contributed by atoms with van der Waals surface area (Å²) in [7, 11) is 0. The van der Waals surface area contributed by atoms with Gasteiger partial charge in [-0.3, -0.25) is 0 Å². The Bertz CT molecular complexity index is 1330. The van der Waals surface area contributed by atoms with E-state index < -0.39 is 18.7 Å². The van der Waals surface area contributed by atoms with E-state index >= 15 is 0 Å². The Morgan fingerprint density at radius 1 is 0.853 bits per heavy atom. The number of carboxylic acids is 1. The number of nitrogens with zero attached hydrogens (tertiary/aromatic N) is 4. The summed E-state index contributed by atoms with van der Waals surface area (Å²) in [6.45, 7) is -0.435. The van der Waals surface area contributed by atoms with Crippen molar-refractivity contribution in [2.24, 2.45) is 0 Å². The van der Waals surface area contributed by atoms with Crippen LogP contribution in [0.1, 0.15) is 11.7 Å². The van der Waals surface area contributed by atoms with Crippen molar-refractivity contribution in [1.82, 2.24) is 19.9 Å². The number of nitrogen functional groups attached to an aromatic ring is 3. The molecule has 2 aromatic heterocycles. The van der Waals surface area contributed by atoms with Gasteiger partial charge in [-0.1, -0.05) is 12.1 Å². The second-order valence-electron chi connectivity index (χ2n) is 7.20. The summed E-state index contributed by atoms with van der Waals surface area (Å²) in [6.07, 6.45) is -0.898. The highest BCUT2D eigenvalue weighted by Gasteiger charge is 2.14. The number of carboxylic acid groups (broad SMARTS) is 1. The van der Waals surface area contributed by atoms with Crippen molar-refractivity contribution in [2.75, 3.05) is 30.4 Å². The largest absolute Gasteiger partial charge is 0.491 e. The van der Waals surface area contributed by atoms with Crippen LogP contribution in [0.4, 0.5) is 17.6 Å². The number of nitrogens with two attached hydrogens (primary N) is 3. The molecule has 2 aromatic carbocycles. The minimum absolute atomic E-state index is 0.00187. The van der Waals surface area contributed by atoms with E-state index in [1.54, 1.807) is 48.5 Å². The monoisotopic (exact) mass is 463 g/mol. The first-order valence-electron chi connectivity index (χ1n) is 10.0. The lowest BCUT2D eigenvalue weighted by Gasteiger charge is -2.14. The van der Waals surface area contributed by atoms with Crippen molar-refractivity contribution in [3.05, 3.63) is 54.1 Å². The van der Waals surface area contributed by atoms with Crippen molar-refractivity contribution < 1.29 is 24.5 Å². The highest BCUT2D eigenvalue weighted by molar-refractivity contribution is 5.87. The molecule has 0 spiro atoms. The van der Waals surface area contributed by atoms with Gasteiger partial charge in [0.2, 0.25) is 5.95 Å². The smallest absolute Gasteiger partial charge is 0.341 e. The average Bonchev–Trinajstić information content (AvgIpc) is 2.81. The number of aliphatic hydroxyl groups excluding tert-OH is 1. The molecule has 2 heterocycles. The molecule has 0 aliphatic heterocycles. The van der Waals surface area contributed by atoms with Crippen LogP contribution < -0.4 is 26.7 Å². The van der Waals surface area contributed by atoms with E-state index in [9.17, 15) is 9.90 Å². The van der Waals surface area contributed by atoms with E-state index in [-0.39, 0.29) is 29.8 Å². The summed E-state index contributed by atoms with van der Waals surface area (Å²) in [4.78, 5) is 27.1. The standard InChI is InChI=1S/C22H21N7O5/c23-19-17(26-18-20(24)28-22(25)29-21(18)27-19)12-3-7-13(8-4-12)33-9-15(30)11-1-5-14(6-2-11)34-10-16(31)32/h1-8,15,30H,9-10H2,(H,31,32)(H6,23,24,25,27,28,29). The lowest BCUT2D eigenvalue weighted by molar-refractivity contribution is -0.139. The van der Waals surface area contributed by atoms with Crippen LogP contribution in [0, 0.1) is 0 Å². The Labute approximate surface area is 193 Å². The quantitative estimate of drug-likeness (QED) is 0.251. The summed E-state index contributed by atoms with van der Waals surface area (Å²) in [6, 6.07) is 13.3. The fourth-order valence-corrected chi connectivity index (χ4v) is 3.12. The summed E-state index contributed by atoms with van der Waals surface area (Å²) in [5.41, 5.74) is 19.7. The Hall–Kier alpha value is -4.71. The number of rotatable bonds is 8. The lowest BCUT2D eigenvalue weighted by atomic mass is 10.1. The molecule has 12 heteroatoms. The summed E-state index contributed by atoms with van der Waals surface area (Å²) in [5, 5.41) is 19.0. The van der Waals surface area contributed by atoms with Crippen LogP contribution in [0.2, 0.25) is 0 Å². The van der Waals surface area contributed by atoms with Gasteiger partial charge in [-0.25, -0.2) is 14.8 Å². The Kier molecular flexibility index (Phi) is 6.23. The average molecular weight is 463 g/mol. The topological polar surface area (TPSA) is 206 Å². The van der Waals surface area contributed by atoms with Crippen LogP contribution >= 0.6 is 0 Å². The van der Waals surface area contributed by atoms with Crippen LogP contribution in [0.25, 0.3) is 22.4 Å². The number of anilines is 3. The first-order valence-corrected chi connectivity index (χ1v) is 10.0. The summed E-state index contributed by atoms with van der Waals surface area (Å²) >= 11 is 0. The molecular formula is C22H21N7O5. The molecule has 0 amide bonds. The van der Waals surface area contributed by atoms with E-state index in [0.717, 1.165) is 0 Å². The van der Waals surface area contributed by atoms with Crippen LogP contribution in [0.15, 0.2) is 48.5 Å². The number of aliphatic hydroxyl groups is 1. The van der Waals surface area contributed by atoms with Gasteiger partial charge < -0.3 is 36.9 Å². The van der Waals surface area contributed by atoms with Crippen molar-refractivity contribution in [3.8, 4) is 22.8 Å². The van der Waals surface area contributed by atoms with Crippen molar-refractivity contribution in [1.29, 1.82) is 0 Å². The van der Waals surface area contributed by atoms with Crippen LogP contribution in [0.3, 0.4) is 0 Å². The van der Waals surface area contributed by atoms with Gasteiger partial charge in [0.1, 0.15) is 29.9 Å². The zero-order chi connectivity index (χ0) is 24.2. The Morgan fingerprint density at radius 3 is 2.18 bits per heavy atom. The summed E-state index contributed by atoms with van der Waals surface area (Å²) in [5.74, 6) is 0.0891. The molecule has 0 aliphatic rings. The number of hydrogen-bond acceptors (Lipinski definition) is 11. The van der Waals surface area contributed by atoms with E-state index in [0.29, 0.717) is 33.8 Å². The molecule has 0 fully saturated rings. The van der Waals surface area contributed by atoms with Crippen molar-refractivity contribution in [2.45, 2.75) is 6.10 Å². The van der Waals surface area contributed by atoms with Crippen molar-refractivity contribution >= 4 is 34.7 Å². The molecule has 0 saturated heterocycles. The molecule has 0 saturated carbocycles. The van der Waals surface area contributed by atoms with Gasteiger partial charge in [0, 0.05) is 5.56 Å². The molecule has 174 valence electrons.